The van der Waals surface area contributed by atoms with Crippen LogP contribution in [0.2, 0.25) is 0 Å². The molecule has 1 aliphatic heterocycles. The smallest absolute Gasteiger partial charge is 0.240 e. The zero-order valence-electron chi connectivity index (χ0n) is 13.4. The first-order valence-electron chi connectivity index (χ1n) is 7.59. The molecule has 0 spiro atoms. The normalized spacial score (nSPS) is 14.4. The monoisotopic (exact) mass is 349 g/mol. The van der Waals surface area contributed by atoms with E-state index in [0.717, 1.165) is 16.7 Å². The number of carbonyl (C=O) groups excluding carboxylic acids is 1. The van der Waals surface area contributed by atoms with E-state index < -0.39 is 11.6 Å². The minimum Gasteiger partial charge on any atom is -0.497 e. The predicted molar refractivity (Wildman–Crippen MR) is 90.7 cm³/mol. The van der Waals surface area contributed by atoms with Gasteiger partial charge in [-0.2, -0.15) is 0 Å². The number of carbonyl (C=O) groups is 1. The van der Waals surface area contributed by atoms with Crippen molar-refractivity contribution in [3.63, 3.8) is 0 Å². The number of amides is 1. The molecule has 126 valence electrons. The van der Waals surface area contributed by atoms with E-state index in [1.165, 1.54) is 22.7 Å². The van der Waals surface area contributed by atoms with E-state index in [9.17, 15) is 13.6 Å². The lowest BCUT2D eigenvalue weighted by atomic mass is 10.1. The van der Waals surface area contributed by atoms with Gasteiger partial charge >= 0.3 is 0 Å². The summed E-state index contributed by atoms with van der Waals surface area (Å²) < 4.78 is 32.4. The van der Waals surface area contributed by atoms with Gasteiger partial charge in [-0.3, -0.25) is 4.79 Å². The van der Waals surface area contributed by atoms with Crippen molar-refractivity contribution in [1.29, 1.82) is 0 Å². The number of nitrogens with zero attached hydrogens (tertiary/aromatic N) is 1. The fourth-order valence-electron chi connectivity index (χ4n) is 2.78. The Hall–Kier alpha value is -2.08. The minimum absolute atomic E-state index is 0.153. The third kappa shape index (κ3) is 3.24. The number of anilines is 1. The maximum Gasteiger partial charge on any atom is 0.240 e. The van der Waals surface area contributed by atoms with Crippen molar-refractivity contribution in [2.75, 3.05) is 18.6 Å². The molecular formula is C18H17F2NO2S. The molecule has 2 aromatic carbocycles. The van der Waals surface area contributed by atoms with Crippen LogP contribution in [0, 0.1) is 11.6 Å². The van der Waals surface area contributed by atoms with Crippen molar-refractivity contribution < 1.29 is 18.3 Å². The molecule has 0 saturated heterocycles. The highest BCUT2D eigenvalue weighted by Gasteiger charge is 2.30. The first-order valence-corrected chi connectivity index (χ1v) is 8.47. The average molecular weight is 349 g/mol. The number of halogens is 2. The molecule has 1 heterocycles. The summed E-state index contributed by atoms with van der Waals surface area (Å²) in [5.74, 6) is -0.658. The molecule has 1 amide bonds. The lowest BCUT2D eigenvalue weighted by Crippen LogP contribution is -2.35. The summed E-state index contributed by atoms with van der Waals surface area (Å²) in [7, 11) is 1.59. The zero-order valence-corrected chi connectivity index (χ0v) is 14.2. The second kappa shape index (κ2) is 6.81. The Morgan fingerprint density at radius 2 is 1.96 bits per heavy atom. The van der Waals surface area contributed by atoms with Crippen LogP contribution < -0.4 is 9.64 Å². The SMILES string of the molecule is COc1ccc(SC(C)C(=O)N2CCc3c(F)cc(F)cc32)cc1. The molecule has 3 rings (SSSR count). The van der Waals surface area contributed by atoms with E-state index >= 15 is 0 Å². The van der Waals surface area contributed by atoms with Crippen molar-refractivity contribution in [2.24, 2.45) is 0 Å². The molecule has 0 bridgehead atoms. The predicted octanol–water partition coefficient (Wildman–Crippen LogP) is 4.04. The number of rotatable bonds is 4. The van der Waals surface area contributed by atoms with Gasteiger partial charge in [0.05, 0.1) is 18.0 Å². The van der Waals surface area contributed by atoms with Crippen LogP contribution >= 0.6 is 11.8 Å². The largest absolute Gasteiger partial charge is 0.497 e. The van der Waals surface area contributed by atoms with Gasteiger partial charge in [0.2, 0.25) is 5.91 Å². The summed E-state index contributed by atoms with van der Waals surface area (Å²) in [6.45, 7) is 2.17. The number of thioether (sulfide) groups is 1. The fraction of sp³-hybridized carbons (Fsp3) is 0.278. The van der Waals surface area contributed by atoms with E-state index in [4.69, 9.17) is 4.74 Å². The van der Waals surface area contributed by atoms with Crippen molar-refractivity contribution >= 4 is 23.4 Å². The van der Waals surface area contributed by atoms with Crippen LogP contribution in [0.5, 0.6) is 5.75 Å². The molecule has 1 aliphatic rings. The summed E-state index contributed by atoms with van der Waals surface area (Å²) in [6.07, 6.45) is 0.410. The Balaban J connectivity index is 1.75. The molecule has 0 radical (unpaired) electrons. The Labute approximate surface area is 143 Å². The highest BCUT2D eigenvalue weighted by Crippen LogP contribution is 2.34. The Morgan fingerprint density at radius 3 is 2.62 bits per heavy atom. The molecule has 0 aliphatic carbocycles. The number of hydrogen-bond donors (Lipinski definition) is 0. The third-order valence-electron chi connectivity index (χ3n) is 4.00. The van der Waals surface area contributed by atoms with Gasteiger partial charge in [0.1, 0.15) is 17.4 Å². The van der Waals surface area contributed by atoms with Crippen molar-refractivity contribution in [2.45, 2.75) is 23.5 Å². The Kier molecular flexibility index (Phi) is 4.76. The molecule has 0 fully saturated rings. The summed E-state index contributed by atoms with van der Waals surface area (Å²) in [5.41, 5.74) is 0.756. The highest BCUT2D eigenvalue weighted by atomic mass is 32.2. The highest BCUT2D eigenvalue weighted by molar-refractivity contribution is 8.00. The summed E-state index contributed by atoms with van der Waals surface area (Å²) in [5, 5.41) is -0.365. The van der Waals surface area contributed by atoms with Crippen molar-refractivity contribution in [3.8, 4) is 5.75 Å². The van der Waals surface area contributed by atoms with Gasteiger partial charge in [-0.1, -0.05) is 0 Å². The van der Waals surface area contributed by atoms with Crippen LogP contribution in [0.3, 0.4) is 0 Å². The van der Waals surface area contributed by atoms with Gasteiger partial charge in [0.25, 0.3) is 0 Å². The molecule has 0 saturated carbocycles. The molecule has 0 aromatic heterocycles. The molecule has 6 heteroatoms. The first-order chi connectivity index (χ1) is 11.5. The van der Waals surface area contributed by atoms with E-state index in [0.29, 0.717) is 24.2 Å². The maximum atomic E-state index is 13.8. The third-order valence-corrected chi connectivity index (χ3v) is 5.10. The Morgan fingerprint density at radius 1 is 1.25 bits per heavy atom. The number of methoxy groups -OCH3 is 1. The molecule has 0 N–H and O–H groups in total. The van der Waals surface area contributed by atoms with Crippen LogP contribution in [0.4, 0.5) is 14.5 Å². The number of ether oxygens (including phenoxy) is 1. The fourth-order valence-corrected chi connectivity index (χ4v) is 3.71. The second-order valence-electron chi connectivity index (χ2n) is 5.56. The van der Waals surface area contributed by atoms with E-state index in [-0.39, 0.29) is 11.2 Å². The van der Waals surface area contributed by atoms with Crippen LogP contribution in [0.15, 0.2) is 41.3 Å². The lowest BCUT2D eigenvalue weighted by Gasteiger charge is -2.21. The van der Waals surface area contributed by atoms with Crippen molar-refractivity contribution in [3.05, 3.63) is 53.6 Å². The minimum atomic E-state index is -0.665. The van der Waals surface area contributed by atoms with Crippen LogP contribution in [-0.2, 0) is 11.2 Å². The molecule has 3 nitrogen and oxygen atoms in total. The van der Waals surface area contributed by atoms with E-state index in [1.807, 2.05) is 24.3 Å². The summed E-state index contributed by atoms with van der Waals surface area (Å²) in [6, 6.07) is 9.51. The zero-order chi connectivity index (χ0) is 17.3. The molecule has 24 heavy (non-hydrogen) atoms. The molecule has 1 atom stereocenters. The van der Waals surface area contributed by atoms with Gasteiger partial charge in [-0.25, -0.2) is 8.78 Å². The van der Waals surface area contributed by atoms with Gasteiger partial charge in [-0.05, 0) is 43.7 Å². The van der Waals surface area contributed by atoms with E-state index in [2.05, 4.69) is 0 Å². The van der Waals surface area contributed by atoms with Gasteiger partial charge < -0.3 is 9.64 Å². The first kappa shape index (κ1) is 16.8. The lowest BCUT2D eigenvalue weighted by molar-refractivity contribution is -0.117. The summed E-state index contributed by atoms with van der Waals surface area (Å²) >= 11 is 1.41. The molecular weight excluding hydrogens is 332 g/mol. The van der Waals surface area contributed by atoms with Gasteiger partial charge in [-0.15, -0.1) is 11.8 Å². The van der Waals surface area contributed by atoms with Crippen LogP contribution in [0.25, 0.3) is 0 Å². The number of hydrogen-bond acceptors (Lipinski definition) is 3. The molecule has 1 unspecified atom stereocenters. The van der Waals surface area contributed by atoms with Gasteiger partial charge in [0, 0.05) is 23.1 Å². The van der Waals surface area contributed by atoms with Crippen LogP contribution in [-0.4, -0.2) is 24.8 Å². The van der Waals surface area contributed by atoms with Gasteiger partial charge in [0.15, 0.2) is 0 Å². The number of benzene rings is 2. The number of fused-ring (bicyclic) bond motifs is 1. The van der Waals surface area contributed by atoms with Crippen LogP contribution in [0.1, 0.15) is 12.5 Å². The second-order valence-corrected chi connectivity index (χ2v) is 6.97. The summed E-state index contributed by atoms with van der Waals surface area (Å²) in [4.78, 5) is 15.1. The average Bonchev–Trinajstić information content (AvgIpc) is 2.98. The quantitative estimate of drug-likeness (QED) is 0.780. The van der Waals surface area contributed by atoms with E-state index in [1.54, 1.807) is 14.0 Å². The molecule has 2 aromatic rings. The standard InChI is InChI=1S/C18H17F2NO2S/c1-11(24-14-5-3-13(23-2)4-6-14)18(22)21-8-7-15-16(20)9-12(19)10-17(15)21/h3-6,9-11H,7-8H2,1-2H3. The topological polar surface area (TPSA) is 29.5 Å². The van der Waals surface area contributed by atoms with Crippen molar-refractivity contribution in [1.82, 2.24) is 0 Å². The maximum absolute atomic E-state index is 13.8. The Bertz CT molecular complexity index is 764.